The molecule has 2 unspecified atom stereocenters. The van der Waals surface area contributed by atoms with Crippen LogP contribution in [0.1, 0.15) is 24.0 Å². The summed E-state index contributed by atoms with van der Waals surface area (Å²) < 4.78 is 15.7. The maximum atomic E-state index is 12.8. The van der Waals surface area contributed by atoms with Gasteiger partial charge < -0.3 is 29.7 Å². The summed E-state index contributed by atoms with van der Waals surface area (Å²) in [5.74, 6) is -0.590. The van der Waals surface area contributed by atoms with Gasteiger partial charge in [0.15, 0.2) is 0 Å². The number of benzene rings is 2. The summed E-state index contributed by atoms with van der Waals surface area (Å²) in [7, 11) is 1.49. The Morgan fingerprint density at radius 1 is 0.941 bits per heavy atom. The minimum Gasteiger partial charge on any atom is -0.445 e. The van der Waals surface area contributed by atoms with Gasteiger partial charge in [-0.25, -0.2) is 9.59 Å². The van der Waals surface area contributed by atoms with Crippen LogP contribution >= 0.6 is 0 Å². The zero-order chi connectivity index (χ0) is 24.2. The van der Waals surface area contributed by atoms with Crippen molar-refractivity contribution in [3.05, 3.63) is 71.8 Å². The lowest BCUT2D eigenvalue weighted by Gasteiger charge is -2.24. The monoisotopic (exact) mass is 469 g/mol. The predicted octanol–water partition coefficient (Wildman–Crippen LogP) is 3.05. The van der Waals surface area contributed by atoms with E-state index in [9.17, 15) is 14.4 Å². The van der Waals surface area contributed by atoms with E-state index in [4.69, 9.17) is 14.2 Å². The van der Waals surface area contributed by atoms with Crippen molar-refractivity contribution in [3.8, 4) is 0 Å². The predicted molar refractivity (Wildman–Crippen MR) is 124 cm³/mol. The molecule has 0 spiro atoms. The van der Waals surface area contributed by atoms with Crippen LogP contribution < -0.4 is 10.6 Å². The highest BCUT2D eigenvalue weighted by atomic mass is 16.6. The summed E-state index contributed by atoms with van der Waals surface area (Å²) in [5.41, 5.74) is 1.74. The Kier molecular flexibility index (Phi) is 9.72. The van der Waals surface area contributed by atoms with Crippen LogP contribution in [0.2, 0.25) is 0 Å². The summed E-state index contributed by atoms with van der Waals surface area (Å²) in [6.07, 6.45) is -0.304. The fourth-order valence-electron chi connectivity index (χ4n) is 3.74. The number of rotatable bonds is 8. The Balaban J connectivity index is 1.60. The average Bonchev–Trinajstić information content (AvgIpc) is 3.08. The summed E-state index contributed by atoms with van der Waals surface area (Å²) in [5, 5.41) is 5.51. The molecule has 0 bridgehead atoms. The Morgan fingerprint density at radius 3 is 2.18 bits per heavy atom. The highest BCUT2D eigenvalue weighted by Crippen LogP contribution is 2.20. The SMILES string of the molecule is COCNC(=O)C1CCN(C(=O)OCc2ccccc2)CC(NC(=O)OCc2ccccc2)C1. The Morgan fingerprint density at radius 2 is 1.56 bits per heavy atom. The first-order valence-electron chi connectivity index (χ1n) is 11.2. The smallest absolute Gasteiger partial charge is 0.410 e. The second-order valence-corrected chi connectivity index (χ2v) is 8.08. The molecule has 3 rings (SSSR count). The largest absolute Gasteiger partial charge is 0.445 e. The van der Waals surface area contributed by atoms with Gasteiger partial charge >= 0.3 is 12.2 Å². The molecule has 3 amide bonds. The van der Waals surface area contributed by atoms with Crippen LogP contribution in [0.4, 0.5) is 9.59 Å². The molecule has 1 heterocycles. The zero-order valence-electron chi connectivity index (χ0n) is 19.3. The summed E-state index contributed by atoms with van der Waals surface area (Å²) in [6, 6.07) is 18.2. The molecule has 1 aliphatic rings. The second kappa shape index (κ2) is 13.2. The molecule has 0 radical (unpaired) electrons. The maximum absolute atomic E-state index is 12.8. The fourth-order valence-corrected chi connectivity index (χ4v) is 3.74. The van der Waals surface area contributed by atoms with E-state index in [1.54, 1.807) is 0 Å². The van der Waals surface area contributed by atoms with E-state index < -0.39 is 24.1 Å². The van der Waals surface area contributed by atoms with Gasteiger partial charge in [0.1, 0.15) is 19.9 Å². The molecule has 1 fully saturated rings. The summed E-state index contributed by atoms with van der Waals surface area (Å²) >= 11 is 0. The molecule has 9 nitrogen and oxygen atoms in total. The van der Waals surface area contributed by atoms with Crippen molar-refractivity contribution in [2.45, 2.75) is 32.1 Å². The number of methoxy groups -OCH3 is 1. The first-order chi connectivity index (χ1) is 16.5. The van der Waals surface area contributed by atoms with Crippen molar-refractivity contribution in [1.82, 2.24) is 15.5 Å². The molecule has 9 heteroatoms. The molecule has 0 aromatic heterocycles. The molecule has 1 saturated heterocycles. The summed E-state index contributed by atoms with van der Waals surface area (Å²) in [6.45, 7) is 0.901. The number of ether oxygens (including phenoxy) is 3. The van der Waals surface area contributed by atoms with Crippen LogP contribution in [0.5, 0.6) is 0 Å². The minimum atomic E-state index is -0.607. The normalized spacial score (nSPS) is 17.9. The Labute approximate surface area is 199 Å². The maximum Gasteiger partial charge on any atom is 0.410 e. The topological polar surface area (TPSA) is 106 Å². The summed E-state index contributed by atoms with van der Waals surface area (Å²) in [4.78, 5) is 39.3. The van der Waals surface area contributed by atoms with Gasteiger partial charge in [-0.2, -0.15) is 0 Å². The molecule has 2 aromatic rings. The third-order valence-corrected chi connectivity index (χ3v) is 5.52. The number of amides is 3. The molecule has 1 aliphatic heterocycles. The van der Waals surface area contributed by atoms with E-state index in [0.717, 1.165) is 11.1 Å². The van der Waals surface area contributed by atoms with Gasteiger partial charge in [-0.15, -0.1) is 0 Å². The highest BCUT2D eigenvalue weighted by Gasteiger charge is 2.32. The van der Waals surface area contributed by atoms with Gasteiger partial charge in [0.2, 0.25) is 5.91 Å². The number of carbonyl (C=O) groups is 3. The van der Waals surface area contributed by atoms with Crippen molar-refractivity contribution in [3.63, 3.8) is 0 Å². The molecular formula is C25H31N3O6. The second-order valence-electron chi connectivity index (χ2n) is 8.08. The van der Waals surface area contributed by atoms with E-state index in [0.29, 0.717) is 19.4 Å². The van der Waals surface area contributed by atoms with E-state index in [1.165, 1.54) is 12.0 Å². The van der Waals surface area contributed by atoms with Crippen molar-refractivity contribution < 1.29 is 28.6 Å². The standard InChI is InChI=1S/C25H31N3O6/c1-32-18-26-23(29)21-12-13-28(25(31)34-17-20-10-6-3-7-11-20)15-22(14-21)27-24(30)33-16-19-8-4-2-5-9-19/h2-11,21-22H,12-18H2,1H3,(H,26,29)(H,27,30). The molecule has 34 heavy (non-hydrogen) atoms. The number of likely N-dealkylation sites (tertiary alicyclic amines) is 1. The number of carbonyl (C=O) groups excluding carboxylic acids is 3. The van der Waals surface area contributed by atoms with Crippen molar-refractivity contribution in [2.24, 2.45) is 5.92 Å². The molecule has 0 aliphatic carbocycles. The third-order valence-electron chi connectivity index (χ3n) is 5.52. The lowest BCUT2D eigenvalue weighted by molar-refractivity contribution is -0.127. The van der Waals surface area contributed by atoms with Crippen LogP contribution in [-0.4, -0.2) is 56.0 Å². The zero-order valence-corrected chi connectivity index (χ0v) is 19.3. The molecule has 2 aromatic carbocycles. The van der Waals surface area contributed by atoms with Crippen molar-refractivity contribution in [1.29, 1.82) is 0 Å². The van der Waals surface area contributed by atoms with Crippen molar-refractivity contribution in [2.75, 3.05) is 26.9 Å². The van der Waals surface area contributed by atoms with E-state index in [-0.39, 0.29) is 32.4 Å². The van der Waals surface area contributed by atoms with Crippen LogP contribution in [0.3, 0.4) is 0 Å². The van der Waals surface area contributed by atoms with E-state index >= 15 is 0 Å². The quantitative estimate of drug-likeness (QED) is 0.576. The van der Waals surface area contributed by atoms with Gasteiger partial charge in [0, 0.05) is 26.1 Å². The minimum absolute atomic E-state index is 0.0926. The van der Waals surface area contributed by atoms with Crippen LogP contribution in [-0.2, 0) is 32.2 Å². The number of hydrogen-bond donors (Lipinski definition) is 2. The number of alkyl carbamates (subject to hydrolysis) is 1. The number of nitrogens with zero attached hydrogens (tertiary/aromatic N) is 1. The average molecular weight is 470 g/mol. The first-order valence-corrected chi connectivity index (χ1v) is 11.2. The van der Waals surface area contributed by atoms with Gasteiger partial charge in [-0.05, 0) is 24.0 Å². The van der Waals surface area contributed by atoms with Crippen LogP contribution in [0.15, 0.2) is 60.7 Å². The molecule has 2 N–H and O–H groups in total. The van der Waals surface area contributed by atoms with Gasteiger partial charge in [-0.3, -0.25) is 4.79 Å². The van der Waals surface area contributed by atoms with E-state index in [1.807, 2.05) is 60.7 Å². The molecule has 0 saturated carbocycles. The van der Waals surface area contributed by atoms with Gasteiger partial charge in [0.25, 0.3) is 0 Å². The highest BCUT2D eigenvalue weighted by molar-refractivity contribution is 5.79. The third kappa shape index (κ3) is 8.08. The van der Waals surface area contributed by atoms with Gasteiger partial charge in [-0.1, -0.05) is 60.7 Å². The molecular weight excluding hydrogens is 438 g/mol. The lowest BCUT2D eigenvalue weighted by atomic mass is 9.97. The molecule has 182 valence electrons. The van der Waals surface area contributed by atoms with Gasteiger partial charge in [0.05, 0.1) is 6.04 Å². The lowest BCUT2D eigenvalue weighted by Crippen LogP contribution is -2.45. The first kappa shape index (κ1) is 25.0. The fraction of sp³-hybridized carbons (Fsp3) is 0.400. The van der Waals surface area contributed by atoms with Crippen molar-refractivity contribution >= 4 is 18.1 Å². The Bertz CT molecular complexity index is 925. The number of nitrogens with one attached hydrogen (secondary N) is 2. The van der Waals surface area contributed by atoms with Crippen LogP contribution in [0.25, 0.3) is 0 Å². The van der Waals surface area contributed by atoms with E-state index in [2.05, 4.69) is 10.6 Å². The number of hydrogen-bond acceptors (Lipinski definition) is 6. The van der Waals surface area contributed by atoms with Crippen LogP contribution in [0, 0.1) is 5.92 Å². The Hall–Kier alpha value is -3.59. The molecule has 2 atom stereocenters.